The number of aromatic amines is 1. The molecule has 1 N–H and O–H groups in total. The van der Waals surface area contributed by atoms with E-state index in [9.17, 15) is 9.18 Å². The standard InChI is InChI=1S/C21H14FN5O/c22-17-9-13(16-8-14-5-7-24-20(14)25-10-16)3-4-15(17)11-27-12-26-18-2-1-6-23-19(18)21(27)28/h1-10,12H,11H2,(H,24,25). The Bertz CT molecular complexity index is 1390. The molecule has 0 saturated heterocycles. The Balaban J connectivity index is 1.50. The van der Waals surface area contributed by atoms with Gasteiger partial charge < -0.3 is 4.98 Å². The molecule has 5 rings (SSSR count). The molecule has 136 valence electrons. The summed E-state index contributed by atoms with van der Waals surface area (Å²) in [6.45, 7) is 0.0829. The highest BCUT2D eigenvalue weighted by Crippen LogP contribution is 2.24. The van der Waals surface area contributed by atoms with Crippen molar-refractivity contribution in [3.63, 3.8) is 0 Å². The first kappa shape index (κ1) is 16.3. The number of nitrogens with zero attached hydrogens (tertiary/aromatic N) is 4. The molecule has 5 aromatic rings. The maximum atomic E-state index is 14.7. The summed E-state index contributed by atoms with van der Waals surface area (Å²) in [7, 11) is 0. The van der Waals surface area contributed by atoms with Gasteiger partial charge in [-0.05, 0) is 35.9 Å². The lowest BCUT2D eigenvalue weighted by Crippen LogP contribution is -2.22. The van der Waals surface area contributed by atoms with E-state index in [1.54, 1.807) is 30.6 Å². The molecule has 4 aromatic heterocycles. The molecule has 0 aliphatic carbocycles. The van der Waals surface area contributed by atoms with E-state index in [4.69, 9.17) is 0 Å². The van der Waals surface area contributed by atoms with Gasteiger partial charge in [-0.3, -0.25) is 9.36 Å². The quantitative estimate of drug-likeness (QED) is 0.526. The first-order chi connectivity index (χ1) is 13.7. The average Bonchev–Trinajstić information content (AvgIpc) is 3.19. The predicted molar refractivity (Wildman–Crippen MR) is 104 cm³/mol. The normalized spacial score (nSPS) is 11.3. The number of rotatable bonds is 3. The number of hydrogen-bond donors (Lipinski definition) is 1. The Morgan fingerprint density at radius 1 is 1.04 bits per heavy atom. The summed E-state index contributed by atoms with van der Waals surface area (Å²) in [6.07, 6.45) is 6.48. The zero-order valence-corrected chi connectivity index (χ0v) is 14.6. The molecule has 4 heterocycles. The van der Waals surface area contributed by atoms with Gasteiger partial charge in [0.15, 0.2) is 5.52 Å². The van der Waals surface area contributed by atoms with Gasteiger partial charge in [-0.1, -0.05) is 12.1 Å². The third-order valence-electron chi connectivity index (χ3n) is 4.71. The molecule has 1 aromatic carbocycles. The third-order valence-corrected chi connectivity index (χ3v) is 4.71. The fourth-order valence-corrected chi connectivity index (χ4v) is 3.24. The van der Waals surface area contributed by atoms with Crippen molar-refractivity contribution in [2.24, 2.45) is 0 Å². The molecule has 7 heteroatoms. The second-order valence-corrected chi connectivity index (χ2v) is 6.49. The summed E-state index contributed by atoms with van der Waals surface area (Å²) in [4.78, 5) is 28.2. The molecule has 0 spiro atoms. The van der Waals surface area contributed by atoms with Crippen LogP contribution in [0.25, 0.3) is 33.2 Å². The molecule has 0 fully saturated rings. The third kappa shape index (κ3) is 2.73. The SMILES string of the molecule is O=c1c2ncccc2ncn1Cc1ccc(-c2cnc3[nH]ccc3c2)cc1F. The first-order valence-electron chi connectivity index (χ1n) is 8.71. The van der Waals surface area contributed by atoms with Crippen LogP contribution in [-0.4, -0.2) is 24.5 Å². The highest BCUT2D eigenvalue weighted by molar-refractivity contribution is 5.81. The van der Waals surface area contributed by atoms with Gasteiger partial charge in [-0.25, -0.2) is 19.3 Å². The van der Waals surface area contributed by atoms with E-state index in [1.165, 1.54) is 17.0 Å². The van der Waals surface area contributed by atoms with Crippen LogP contribution in [0.3, 0.4) is 0 Å². The molecule has 28 heavy (non-hydrogen) atoms. The van der Waals surface area contributed by atoms with Crippen molar-refractivity contribution >= 4 is 22.1 Å². The summed E-state index contributed by atoms with van der Waals surface area (Å²) in [5.41, 5.74) is 3.24. The number of pyridine rings is 2. The minimum atomic E-state index is -0.389. The lowest BCUT2D eigenvalue weighted by atomic mass is 10.0. The number of nitrogens with one attached hydrogen (secondary N) is 1. The zero-order valence-electron chi connectivity index (χ0n) is 14.6. The van der Waals surface area contributed by atoms with Crippen LogP contribution in [0.2, 0.25) is 0 Å². The van der Waals surface area contributed by atoms with E-state index < -0.39 is 0 Å². The van der Waals surface area contributed by atoms with Crippen molar-refractivity contribution < 1.29 is 4.39 Å². The molecule has 0 radical (unpaired) electrons. The summed E-state index contributed by atoms with van der Waals surface area (Å²) < 4.78 is 16.1. The number of hydrogen-bond acceptors (Lipinski definition) is 4. The molecule has 6 nitrogen and oxygen atoms in total. The van der Waals surface area contributed by atoms with Crippen molar-refractivity contribution in [1.29, 1.82) is 0 Å². The predicted octanol–water partition coefficient (Wildman–Crippen LogP) is 3.52. The largest absolute Gasteiger partial charge is 0.346 e. The summed E-state index contributed by atoms with van der Waals surface area (Å²) in [6, 6.07) is 12.3. The van der Waals surface area contributed by atoms with E-state index in [-0.39, 0.29) is 23.4 Å². The molecule has 0 aliphatic rings. The van der Waals surface area contributed by atoms with Crippen LogP contribution in [0.4, 0.5) is 4.39 Å². The van der Waals surface area contributed by atoms with Crippen molar-refractivity contribution in [3.05, 3.63) is 89.1 Å². The molecule has 0 aliphatic heterocycles. The fourth-order valence-electron chi connectivity index (χ4n) is 3.24. The Hall–Kier alpha value is -3.87. The second kappa shape index (κ2) is 6.38. The first-order valence-corrected chi connectivity index (χ1v) is 8.71. The fraction of sp³-hybridized carbons (Fsp3) is 0.0476. The monoisotopic (exact) mass is 371 g/mol. The molecule has 0 atom stereocenters. The highest BCUT2D eigenvalue weighted by Gasteiger charge is 2.10. The van der Waals surface area contributed by atoms with E-state index in [0.717, 1.165) is 22.2 Å². The van der Waals surface area contributed by atoms with Crippen LogP contribution in [0.1, 0.15) is 5.56 Å². The van der Waals surface area contributed by atoms with Gasteiger partial charge in [0.1, 0.15) is 11.5 Å². The molecular formula is C21H14FN5O. The average molecular weight is 371 g/mol. The number of H-pyrrole nitrogens is 1. The minimum absolute atomic E-state index is 0.0829. The molecule has 0 unspecified atom stereocenters. The summed E-state index contributed by atoms with van der Waals surface area (Å²) in [5, 5.41) is 0.961. The molecule has 0 saturated carbocycles. The van der Waals surface area contributed by atoms with Gasteiger partial charge in [0.25, 0.3) is 5.56 Å². The van der Waals surface area contributed by atoms with Gasteiger partial charge in [-0.15, -0.1) is 0 Å². The number of halogens is 1. The van der Waals surface area contributed by atoms with Crippen molar-refractivity contribution in [2.75, 3.05) is 0 Å². The van der Waals surface area contributed by atoms with Crippen LogP contribution < -0.4 is 5.56 Å². The van der Waals surface area contributed by atoms with Gasteiger partial charge in [0, 0.05) is 35.1 Å². The molecule has 0 amide bonds. The summed E-state index contributed by atoms with van der Waals surface area (Å²) in [5.74, 6) is -0.389. The molecular weight excluding hydrogens is 357 g/mol. The zero-order chi connectivity index (χ0) is 19.1. The maximum absolute atomic E-state index is 14.7. The number of aromatic nitrogens is 5. The van der Waals surface area contributed by atoms with Crippen molar-refractivity contribution in [2.45, 2.75) is 6.54 Å². The smallest absolute Gasteiger partial charge is 0.280 e. The van der Waals surface area contributed by atoms with Crippen molar-refractivity contribution in [1.82, 2.24) is 24.5 Å². The van der Waals surface area contributed by atoms with Crippen LogP contribution in [0.15, 0.2) is 72.2 Å². The lowest BCUT2D eigenvalue weighted by Gasteiger charge is -2.09. The van der Waals surface area contributed by atoms with Gasteiger partial charge in [0.05, 0.1) is 18.4 Å². The van der Waals surface area contributed by atoms with Crippen LogP contribution in [0, 0.1) is 5.82 Å². The minimum Gasteiger partial charge on any atom is -0.346 e. The molecule has 0 bridgehead atoms. The van der Waals surface area contributed by atoms with Gasteiger partial charge >= 0.3 is 0 Å². The van der Waals surface area contributed by atoms with E-state index >= 15 is 0 Å². The topological polar surface area (TPSA) is 76.5 Å². The Morgan fingerprint density at radius 3 is 2.86 bits per heavy atom. The Labute approximate surface area is 158 Å². The van der Waals surface area contributed by atoms with Gasteiger partial charge in [0.2, 0.25) is 0 Å². The lowest BCUT2D eigenvalue weighted by molar-refractivity contribution is 0.595. The van der Waals surface area contributed by atoms with E-state index in [2.05, 4.69) is 19.9 Å². The van der Waals surface area contributed by atoms with E-state index in [1.807, 2.05) is 24.4 Å². The summed E-state index contributed by atoms with van der Waals surface area (Å²) >= 11 is 0. The maximum Gasteiger partial charge on any atom is 0.280 e. The Kier molecular flexibility index (Phi) is 3.72. The van der Waals surface area contributed by atoms with Crippen LogP contribution in [-0.2, 0) is 6.54 Å². The number of fused-ring (bicyclic) bond motifs is 2. The highest BCUT2D eigenvalue weighted by atomic mass is 19.1. The van der Waals surface area contributed by atoms with Crippen LogP contribution >= 0.6 is 0 Å². The Morgan fingerprint density at radius 2 is 1.96 bits per heavy atom. The second-order valence-electron chi connectivity index (χ2n) is 6.49. The van der Waals surface area contributed by atoms with E-state index in [0.29, 0.717) is 11.1 Å². The number of benzene rings is 1. The van der Waals surface area contributed by atoms with Gasteiger partial charge in [-0.2, -0.15) is 0 Å². The van der Waals surface area contributed by atoms with Crippen molar-refractivity contribution in [3.8, 4) is 11.1 Å². The van der Waals surface area contributed by atoms with Crippen LogP contribution in [0.5, 0.6) is 0 Å².